The molecule has 0 aromatic carbocycles. The van der Waals surface area contributed by atoms with Crippen LogP contribution in [0.1, 0.15) is 53.5 Å². The van der Waals surface area contributed by atoms with Crippen LogP contribution in [0.25, 0.3) is 0 Å². The molecule has 0 bridgehead atoms. The van der Waals surface area contributed by atoms with Crippen LogP contribution in [0.4, 0.5) is 5.69 Å². The van der Waals surface area contributed by atoms with Crippen LogP contribution in [-0.4, -0.2) is 34.5 Å². The molecule has 1 aromatic heterocycles. The van der Waals surface area contributed by atoms with Gasteiger partial charge in [-0.25, -0.2) is 0 Å². The molecule has 1 aromatic rings. The summed E-state index contributed by atoms with van der Waals surface area (Å²) in [7, 11) is 0. The second-order valence-electron chi connectivity index (χ2n) is 6.12. The monoisotopic (exact) mass is 264 g/mol. The quantitative estimate of drug-likeness (QED) is 0.908. The average Bonchev–Trinajstić information content (AvgIpc) is 2.89. The van der Waals surface area contributed by atoms with E-state index in [-0.39, 0.29) is 5.54 Å². The molecule has 0 amide bonds. The van der Waals surface area contributed by atoms with Gasteiger partial charge < -0.3 is 10.2 Å². The van der Waals surface area contributed by atoms with Crippen molar-refractivity contribution < 1.29 is 0 Å². The molecule has 1 N–H and O–H groups in total. The standard InChI is InChI=1S/C15H28N4/c1-6-15(7-2)11-18(13(5)8-16-15)14-9-17-19(10-14)12(3)4/h9-10,12-13,16H,6-8,11H2,1-5H3. The Hall–Kier alpha value is -1.03. The number of piperazine rings is 1. The van der Waals surface area contributed by atoms with E-state index in [2.05, 4.69) is 56.1 Å². The van der Waals surface area contributed by atoms with Crippen LogP contribution in [-0.2, 0) is 0 Å². The van der Waals surface area contributed by atoms with Crippen LogP contribution < -0.4 is 10.2 Å². The zero-order chi connectivity index (χ0) is 14.0. The second-order valence-corrected chi connectivity index (χ2v) is 6.12. The van der Waals surface area contributed by atoms with Crippen molar-refractivity contribution in [2.75, 3.05) is 18.0 Å². The summed E-state index contributed by atoms with van der Waals surface area (Å²) >= 11 is 0. The molecule has 2 heterocycles. The number of aromatic nitrogens is 2. The summed E-state index contributed by atoms with van der Waals surface area (Å²) in [6.45, 7) is 13.3. The fraction of sp³-hybridized carbons (Fsp3) is 0.800. The molecule has 0 spiro atoms. The van der Waals surface area contributed by atoms with Gasteiger partial charge in [-0.05, 0) is 33.6 Å². The van der Waals surface area contributed by atoms with Gasteiger partial charge in [0, 0.05) is 36.9 Å². The Kier molecular flexibility index (Phi) is 4.19. The molecule has 108 valence electrons. The Bertz CT molecular complexity index is 406. The van der Waals surface area contributed by atoms with Gasteiger partial charge in [0.05, 0.1) is 11.9 Å². The summed E-state index contributed by atoms with van der Waals surface area (Å²) in [6.07, 6.45) is 6.54. The molecular weight excluding hydrogens is 236 g/mol. The van der Waals surface area contributed by atoms with Crippen LogP contribution >= 0.6 is 0 Å². The maximum atomic E-state index is 4.48. The van der Waals surface area contributed by atoms with E-state index in [0.717, 1.165) is 13.1 Å². The van der Waals surface area contributed by atoms with Gasteiger partial charge in [-0.3, -0.25) is 4.68 Å². The summed E-state index contributed by atoms with van der Waals surface area (Å²) in [5.41, 5.74) is 1.51. The molecule has 0 saturated carbocycles. The summed E-state index contributed by atoms with van der Waals surface area (Å²) in [5, 5.41) is 8.22. The van der Waals surface area contributed by atoms with Crippen LogP contribution in [0.3, 0.4) is 0 Å². The smallest absolute Gasteiger partial charge is 0.0756 e. The average molecular weight is 264 g/mol. The number of hydrogen-bond acceptors (Lipinski definition) is 3. The fourth-order valence-electron chi connectivity index (χ4n) is 2.84. The summed E-state index contributed by atoms with van der Waals surface area (Å²) in [6, 6.07) is 0.949. The third kappa shape index (κ3) is 2.78. The maximum absolute atomic E-state index is 4.48. The van der Waals surface area contributed by atoms with Gasteiger partial charge in [0.25, 0.3) is 0 Å². The Morgan fingerprint density at radius 3 is 2.63 bits per heavy atom. The number of hydrogen-bond donors (Lipinski definition) is 1. The maximum Gasteiger partial charge on any atom is 0.0756 e. The Labute approximate surface area is 117 Å². The molecule has 1 saturated heterocycles. The Morgan fingerprint density at radius 1 is 1.42 bits per heavy atom. The minimum absolute atomic E-state index is 0.256. The van der Waals surface area contributed by atoms with E-state index in [1.54, 1.807) is 0 Å². The van der Waals surface area contributed by atoms with Gasteiger partial charge in [0.1, 0.15) is 0 Å². The fourth-order valence-corrected chi connectivity index (χ4v) is 2.84. The van der Waals surface area contributed by atoms with Crippen molar-refractivity contribution in [3.05, 3.63) is 12.4 Å². The molecule has 1 fully saturated rings. The van der Waals surface area contributed by atoms with Crippen LogP contribution in [0.5, 0.6) is 0 Å². The van der Waals surface area contributed by atoms with Crippen molar-refractivity contribution in [1.82, 2.24) is 15.1 Å². The first-order valence-electron chi connectivity index (χ1n) is 7.57. The zero-order valence-electron chi connectivity index (χ0n) is 13.0. The highest BCUT2D eigenvalue weighted by Crippen LogP contribution is 2.27. The molecular formula is C15H28N4. The highest BCUT2D eigenvalue weighted by atomic mass is 15.3. The van der Waals surface area contributed by atoms with Crippen LogP contribution in [0.2, 0.25) is 0 Å². The topological polar surface area (TPSA) is 33.1 Å². The highest BCUT2D eigenvalue weighted by Gasteiger charge is 2.35. The molecule has 1 aliphatic rings. The molecule has 1 atom stereocenters. The highest BCUT2D eigenvalue weighted by molar-refractivity contribution is 5.45. The zero-order valence-corrected chi connectivity index (χ0v) is 13.0. The molecule has 1 aliphatic heterocycles. The minimum Gasteiger partial charge on any atom is -0.363 e. The lowest BCUT2D eigenvalue weighted by atomic mass is 9.88. The normalized spacial score (nSPS) is 23.1. The summed E-state index contributed by atoms with van der Waals surface area (Å²) < 4.78 is 2.05. The van der Waals surface area contributed by atoms with Gasteiger partial charge in [0.2, 0.25) is 0 Å². The van der Waals surface area contributed by atoms with E-state index in [1.807, 2.05) is 10.9 Å². The molecule has 0 radical (unpaired) electrons. The number of nitrogens with one attached hydrogen (secondary N) is 1. The van der Waals surface area contributed by atoms with Crippen molar-refractivity contribution in [3.63, 3.8) is 0 Å². The minimum atomic E-state index is 0.256. The van der Waals surface area contributed by atoms with Crippen molar-refractivity contribution in [1.29, 1.82) is 0 Å². The predicted octanol–water partition coefficient (Wildman–Crippen LogP) is 2.82. The van der Waals surface area contributed by atoms with Gasteiger partial charge in [0.15, 0.2) is 0 Å². The Balaban J connectivity index is 2.20. The van der Waals surface area contributed by atoms with E-state index < -0.39 is 0 Å². The van der Waals surface area contributed by atoms with Crippen molar-refractivity contribution in [3.8, 4) is 0 Å². The summed E-state index contributed by atoms with van der Waals surface area (Å²) in [4.78, 5) is 2.51. The number of anilines is 1. The van der Waals surface area contributed by atoms with Crippen molar-refractivity contribution >= 4 is 5.69 Å². The van der Waals surface area contributed by atoms with Crippen molar-refractivity contribution in [2.45, 2.75) is 65.1 Å². The first-order valence-corrected chi connectivity index (χ1v) is 7.57. The largest absolute Gasteiger partial charge is 0.363 e. The van der Waals surface area contributed by atoms with Crippen LogP contribution in [0.15, 0.2) is 12.4 Å². The lowest BCUT2D eigenvalue weighted by Crippen LogP contribution is -2.63. The molecule has 1 unspecified atom stereocenters. The lowest BCUT2D eigenvalue weighted by molar-refractivity contribution is 0.254. The number of rotatable bonds is 4. The molecule has 0 aliphatic carbocycles. The molecule has 19 heavy (non-hydrogen) atoms. The SMILES string of the molecule is CCC1(CC)CN(c2cnn(C(C)C)c2)C(C)CN1. The predicted molar refractivity (Wildman–Crippen MR) is 80.7 cm³/mol. The summed E-state index contributed by atoms with van der Waals surface area (Å²) in [5.74, 6) is 0. The van der Waals surface area contributed by atoms with Gasteiger partial charge in [-0.2, -0.15) is 5.10 Å². The lowest BCUT2D eigenvalue weighted by Gasteiger charge is -2.47. The first kappa shape index (κ1) is 14.4. The first-order chi connectivity index (χ1) is 9.01. The second kappa shape index (κ2) is 5.53. The van der Waals surface area contributed by atoms with E-state index >= 15 is 0 Å². The van der Waals surface area contributed by atoms with E-state index in [9.17, 15) is 0 Å². The van der Waals surface area contributed by atoms with Crippen molar-refractivity contribution in [2.24, 2.45) is 0 Å². The van der Waals surface area contributed by atoms with Gasteiger partial charge in [-0.15, -0.1) is 0 Å². The van der Waals surface area contributed by atoms with E-state index in [1.165, 1.54) is 18.5 Å². The van der Waals surface area contributed by atoms with E-state index in [0.29, 0.717) is 12.1 Å². The third-order valence-electron chi connectivity index (χ3n) is 4.58. The molecule has 4 nitrogen and oxygen atoms in total. The molecule has 2 rings (SSSR count). The molecule has 4 heteroatoms. The third-order valence-corrected chi connectivity index (χ3v) is 4.58. The van der Waals surface area contributed by atoms with Gasteiger partial charge >= 0.3 is 0 Å². The Morgan fingerprint density at radius 2 is 2.11 bits per heavy atom. The van der Waals surface area contributed by atoms with E-state index in [4.69, 9.17) is 0 Å². The van der Waals surface area contributed by atoms with Gasteiger partial charge in [-0.1, -0.05) is 13.8 Å². The number of nitrogens with zero attached hydrogens (tertiary/aromatic N) is 3. The van der Waals surface area contributed by atoms with Crippen LogP contribution in [0, 0.1) is 0 Å².